The van der Waals surface area contributed by atoms with Crippen molar-refractivity contribution in [3.8, 4) is 0 Å². The topological polar surface area (TPSA) is 42.0 Å². The van der Waals surface area contributed by atoms with Gasteiger partial charge >= 0.3 is 0 Å². The van der Waals surface area contributed by atoms with Crippen molar-refractivity contribution >= 4 is 44.1 Å². The summed E-state index contributed by atoms with van der Waals surface area (Å²) in [6.45, 7) is 0.473. The summed E-state index contributed by atoms with van der Waals surface area (Å²) in [7, 11) is 0. The highest BCUT2D eigenvalue weighted by atomic mass is 79.9. The van der Waals surface area contributed by atoms with Crippen LogP contribution < -0.4 is 5.32 Å². The number of carbonyl (C=O) groups is 1. The molecular formula is C15H11BrN2OS. The van der Waals surface area contributed by atoms with Gasteiger partial charge in [-0.05, 0) is 33.6 Å². The van der Waals surface area contributed by atoms with Crippen molar-refractivity contribution in [1.82, 2.24) is 10.3 Å². The van der Waals surface area contributed by atoms with Crippen molar-refractivity contribution in [2.75, 3.05) is 0 Å². The van der Waals surface area contributed by atoms with Crippen LogP contribution in [0.3, 0.4) is 0 Å². The summed E-state index contributed by atoms with van der Waals surface area (Å²) in [4.78, 5) is 16.4. The van der Waals surface area contributed by atoms with E-state index in [-0.39, 0.29) is 5.91 Å². The van der Waals surface area contributed by atoms with E-state index < -0.39 is 0 Å². The summed E-state index contributed by atoms with van der Waals surface area (Å²) in [5.74, 6) is -0.0696. The Bertz CT molecular complexity index is 764. The van der Waals surface area contributed by atoms with Gasteiger partial charge in [0.25, 0.3) is 5.91 Å². The number of fused-ring (bicyclic) bond motifs is 1. The van der Waals surface area contributed by atoms with Gasteiger partial charge in [0.1, 0.15) is 0 Å². The van der Waals surface area contributed by atoms with Gasteiger partial charge in [-0.2, -0.15) is 0 Å². The van der Waals surface area contributed by atoms with E-state index >= 15 is 0 Å². The number of nitrogens with one attached hydrogen (secondary N) is 1. The van der Waals surface area contributed by atoms with Gasteiger partial charge in [0, 0.05) is 23.5 Å². The summed E-state index contributed by atoms with van der Waals surface area (Å²) in [5.41, 5.74) is 2.63. The molecule has 0 radical (unpaired) electrons. The van der Waals surface area contributed by atoms with Crippen LogP contribution in [-0.4, -0.2) is 10.9 Å². The third-order valence-electron chi connectivity index (χ3n) is 2.99. The highest BCUT2D eigenvalue weighted by Gasteiger charge is 2.08. The van der Waals surface area contributed by atoms with Gasteiger partial charge < -0.3 is 5.32 Å². The number of aromatic nitrogens is 1. The summed E-state index contributed by atoms with van der Waals surface area (Å²) in [5, 5.41) is 5.84. The van der Waals surface area contributed by atoms with E-state index in [0.717, 1.165) is 20.3 Å². The SMILES string of the molecule is O=C(NCc1cccc2cccnc12)c1csc(Br)c1. The van der Waals surface area contributed by atoms with Crippen LogP contribution in [0.2, 0.25) is 0 Å². The smallest absolute Gasteiger partial charge is 0.252 e. The lowest BCUT2D eigenvalue weighted by atomic mass is 10.1. The first-order valence-corrected chi connectivity index (χ1v) is 7.76. The Hall–Kier alpha value is -1.72. The number of amides is 1. The number of rotatable bonds is 3. The van der Waals surface area contributed by atoms with E-state index in [9.17, 15) is 4.79 Å². The second kappa shape index (κ2) is 5.73. The zero-order valence-corrected chi connectivity index (χ0v) is 12.9. The Morgan fingerprint density at radius 2 is 2.15 bits per heavy atom. The molecule has 0 unspecified atom stereocenters. The molecule has 0 saturated carbocycles. The highest BCUT2D eigenvalue weighted by Crippen LogP contribution is 2.21. The van der Waals surface area contributed by atoms with Crippen molar-refractivity contribution in [3.63, 3.8) is 0 Å². The molecule has 0 bridgehead atoms. The molecule has 0 fully saturated rings. The van der Waals surface area contributed by atoms with E-state index in [4.69, 9.17) is 0 Å². The monoisotopic (exact) mass is 346 g/mol. The van der Waals surface area contributed by atoms with E-state index in [1.807, 2.05) is 41.8 Å². The van der Waals surface area contributed by atoms with Crippen molar-refractivity contribution in [1.29, 1.82) is 0 Å². The quantitative estimate of drug-likeness (QED) is 0.778. The van der Waals surface area contributed by atoms with E-state index in [0.29, 0.717) is 12.1 Å². The van der Waals surface area contributed by atoms with E-state index in [1.165, 1.54) is 11.3 Å². The van der Waals surface area contributed by atoms with Crippen LogP contribution in [0.1, 0.15) is 15.9 Å². The number of hydrogen-bond acceptors (Lipinski definition) is 3. The van der Waals surface area contributed by atoms with Gasteiger partial charge in [0.15, 0.2) is 0 Å². The molecule has 0 spiro atoms. The molecule has 100 valence electrons. The largest absolute Gasteiger partial charge is 0.348 e. The van der Waals surface area contributed by atoms with Gasteiger partial charge in [0.05, 0.1) is 14.9 Å². The molecule has 3 rings (SSSR count). The molecule has 3 aromatic rings. The Morgan fingerprint density at radius 1 is 1.30 bits per heavy atom. The average molecular weight is 347 g/mol. The molecule has 0 aliphatic carbocycles. The minimum Gasteiger partial charge on any atom is -0.348 e. The first-order chi connectivity index (χ1) is 9.74. The molecule has 1 amide bonds. The van der Waals surface area contributed by atoms with E-state index in [2.05, 4.69) is 26.2 Å². The maximum absolute atomic E-state index is 12.0. The number of hydrogen-bond donors (Lipinski definition) is 1. The lowest BCUT2D eigenvalue weighted by molar-refractivity contribution is 0.0951. The lowest BCUT2D eigenvalue weighted by Crippen LogP contribution is -2.22. The fourth-order valence-electron chi connectivity index (χ4n) is 2.02. The number of carbonyl (C=O) groups excluding carboxylic acids is 1. The number of halogens is 1. The molecule has 0 aliphatic rings. The molecular weight excluding hydrogens is 336 g/mol. The Balaban J connectivity index is 1.79. The molecule has 1 N–H and O–H groups in total. The number of pyridine rings is 1. The first kappa shape index (κ1) is 13.3. The van der Waals surface area contributed by atoms with Crippen LogP contribution in [0.15, 0.2) is 51.8 Å². The fourth-order valence-corrected chi connectivity index (χ4v) is 3.15. The molecule has 5 heteroatoms. The third kappa shape index (κ3) is 2.73. The second-order valence-corrected chi connectivity index (χ2v) is 6.60. The minimum atomic E-state index is -0.0696. The van der Waals surface area contributed by atoms with Gasteiger partial charge in [-0.3, -0.25) is 9.78 Å². The number of para-hydroxylation sites is 1. The standard InChI is InChI=1S/C15H11BrN2OS/c16-13-7-12(9-20-13)15(19)18-8-11-4-1-3-10-5-2-6-17-14(10)11/h1-7,9H,8H2,(H,18,19). The maximum atomic E-state index is 12.0. The van der Waals surface area contributed by atoms with Crippen molar-refractivity contribution < 1.29 is 4.79 Å². The van der Waals surface area contributed by atoms with Crippen LogP contribution in [-0.2, 0) is 6.54 Å². The number of thiophene rings is 1. The van der Waals surface area contributed by atoms with E-state index in [1.54, 1.807) is 6.20 Å². The van der Waals surface area contributed by atoms with Gasteiger partial charge in [0.2, 0.25) is 0 Å². The molecule has 1 aromatic carbocycles. The van der Waals surface area contributed by atoms with Crippen LogP contribution in [0.25, 0.3) is 10.9 Å². The second-order valence-electron chi connectivity index (χ2n) is 4.31. The Kier molecular flexibility index (Phi) is 3.80. The van der Waals surface area contributed by atoms with Gasteiger partial charge in [-0.15, -0.1) is 11.3 Å². The molecule has 20 heavy (non-hydrogen) atoms. The summed E-state index contributed by atoms with van der Waals surface area (Å²) < 4.78 is 0.953. The molecule has 0 aliphatic heterocycles. The van der Waals surface area contributed by atoms with Crippen LogP contribution >= 0.6 is 27.3 Å². The van der Waals surface area contributed by atoms with Gasteiger partial charge in [-0.25, -0.2) is 0 Å². The fraction of sp³-hybridized carbons (Fsp3) is 0.0667. The normalized spacial score (nSPS) is 10.7. The highest BCUT2D eigenvalue weighted by molar-refractivity contribution is 9.11. The maximum Gasteiger partial charge on any atom is 0.252 e. The minimum absolute atomic E-state index is 0.0696. The number of benzene rings is 1. The van der Waals surface area contributed by atoms with Crippen LogP contribution in [0, 0.1) is 0 Å². The van der Waals surface area contributed by atoms with Crippen molar-refractivity contribution in [2.45, 2.75) is 6.54 Å². The summed E-state index contributed by atoms with van der Waals surface area (Å²) >= 11 is 4.86. The van der Waals surface area contributed by atoms with Gasteiger partial charge in [-0.1, -0.05) is 24.3 Å². The summed E-state index contributed by atoms with van der Waals surface area (Å²) in [6.07, 6.45) is 1.77. The van der Waals surface area contributed by atoms with Crippen LogP contribution in [0.4, 0.5) is 0 Å². The predicted octanol–water partition coefficient (Wildman–Crippen LogP) is 3.99. The summed E-state index contributed by atoms with van der Waals surface area (Å²) in [6, 6.07) is 11.7. The first-order valence-electron chi connectivity index (χ1n) is 6.09. The lowest BCUT2D eigenvalue weighted by Gasteiger charge is -2.07. The molecule has 0 saturated heterocycles. The Labute approximate surface area is 128 Å². The number of nitrogens with zero attached hydrogens (tertiary/aromatic N) is 1. The predicted molar refractivity (Wildman–Crippen MR) is 84.9 cm³/mol. The molecule has 2 aromatic heterocycles. The molecule has 0 atom stereocenters. The zero-order valence-electron chi connectivity index (χ0n) is 10.5. The molecule has 2 heterocycles. The molecule has 3 nitrogen and oxygen atoms in total. The van der Waals surface area contributed by atoms with Crippen LogP contribution in [0.5, 0.6) is 0 Å². The average Bonchev–Trinajstić information content (AvgIpc) is 2.91. The van der Waals surface area contributed by atoms with Crippen molar-refractivity contribution in [2.24, 2.45) is 0 Å². The zero-order chi connectivity index (χ0) is 13.9. The third-order valence-corrected chi connectivity index (χ3v) is 4.49. The van der Waals surface area contributed by atoms with Crippen molar-refractivity contribution in [3.05, 3.63) is 62.9 Å². The Morgan fingerprint density at radius 3 is 2.95 bits per heavy atom.